The van der Waals surface area contributed by atoms with Gasteiger partial charge in [0.15, 0.2) is 0 Å². The molecule has 0 saturated carbocycles. The smallest absolute Gasteiger partial charge is 0.147 e. The van der Waals surface area contributed by atoms with Gasteiger partial charge < -0.3 is 9.67 Å². The number of rotatable bonds is 3. The summed E-state index contributed by atoms with van der Waals surface area (Å²) in [6, 6.07) is 0. The highest BCUT2D eigenvalue weighted by Gasteiger charge is 2.25. The first kappa shape index (κ1) is 10.6. The molecule has 2 rings (SSSR count). The maximum atomic E-state index is 9.99. The maximum absolute atomic E-state index is 9.99. The van der Waals surface area contributed by atoms with Crippen LogP contribution in [0.5, 0.6) is 0 Å². The van der Waals surface area contributed by atoms with Crippen LogP contribution in [-0.4, -0.2) is 43.5 Å². The molecular formula is C10H18N4O. The van der Waals surface area contributed by atoms with Crippen LogP contribution in [0.15, 0.2) is 6.33 Å². The molecule has 1 N–H and O–H groups in total. The molecule has 1 aliphatic heterocycles. The van der Waals surface area contributed by atoms with Crippen molar-refractivity contribution in [2.45, 2.75) is 39.0 Å². The largest absolute Gasteiger partial charge is 0.389 e. The maximum Gasteiger partial charge on any atom is 0.147 e. The molecule has 5 heteroatoms. The number of nitrogens with zero attached hydrogens (tertiary/aromatic N) is 4. The van der Waals surface area contributed by atoms with Gasteiger partial charge in [0, 0.05) is 19.6 Å². The van der Waals surface area contributed by atoms with Crippen molar-refractivity contribution in [3.8, 4) is 0 Å². The van der Waals surface area contributed by atoms with Gasteiger partial charge in [0.25, 0.3) is 0 Å². The van der Waals surface area contributed by atoms with Gasteiger partial charge in [0.1, 0.15) is 12.2 Å². The van der Waals surface area contributed by atoms with Crippen LogP contribution < -0.4 is 0 Å². The lowest BCUT2D eigenvalue weighted by Gasteiger charge is -2.33. The summed E-state index contributed by atoms with van der Waals surface area (Å²) in [6.45, 7) is 7.26. The number of aliphatic hydroxyl groups is 1. The number of aromatic nitrogens is 3. The quantitative estimate of drug-likeness (QED) is 0.777. The highest BCUT2D eigenvalue weighted by Crippen LogP contribution is 2.15. The van der Waals surface area contributed by atoms with Crippen LogP contribution in [0.3, 0.4) is 0 Å². The molecule has 0 saturated heterocycles. The van der Waals surface area contributed by atoms with Crippen LogP contribution in [0.25, 0.3) is 0 Å². The lowest BCUT2D eigenvalue weighted by atomic mass is 10.0. The van der Waals surface area contributed by atoms with E-state index in [1.807, 2.05) is 13.8 Å². The van der Waals surface area contributed by atoms with E-state index in [-0.39, 0.29) is 0 Å². The van der Waals surface area contributed by atoms with Gasteiger partial charge in [-0.1, -0.05) is 6.92 Å². The predicted octanol–water partition coefficient (Wildman–Crippen LogP) is 0.255. The van der Waals surface area contributed by atoms with Crippen molar-refractivity contribution in [1.82, 2.24) is 19.7 Å². The van der Waals surface area contributed by atoms with Crippen molar-refractivity contribution in [3.63, 3.8) is 0 Å². The van der Waals surface area contributed by atoms with E-state index in [4.69, 9.17) is 0 Å². The van der Waals surface area contributed by atoms with Crippen molar-refractivity contribution in [2.24, 2.45) is 0 Å². The monoisotopic (exact) mass is 210 g/mol. The molecule has 0 bridgehead atoms. The second-order valence-electron chi connectivity index (χ2n) is 4.50. The predicted molar refractivity (Wildman–Crippen MR) is 56.2 cm³/mol. The first-order chi connectivity index (χ1) is 7.11. The standard InChI is InChI=1S/C10H18N4O/c1-3-10(2,15)7-13-4-5-14-8-11-12-9(14)6-13/h8,15H,3-7H2,1-2H3. The van der Waals surface area contributed by atoms with E-state index in [1.54, 1.807) is 6.33 Å². The van der Waals surface area contributed by atoms with Gasteiger partial charge in [0.2, 0.25) is 0 Å². The SMILES string of the molecule is CCC(C)(O)CN1CCn2cnnc2C1. The fourth-order valence-electron chi connectivity index (χ4n) is 1.84. The fraction of sp³-hybridized carbons (Fsp3) is 0.800. The Hall–Kier alpha value is -0.940. The molecule has 0 aliphatic carbocycles. The van der Waals surface area contributed by atoms with Gasteiger partial charge in [-0.3, -0.25) is 4.90 Å². The van der Waals surface area contributed by atoms with E-state index in [0.29, 0.717) is 6.54 Å². The van der Waals surface area contributed by atoms with Gasteiger partial charge in [-0.2, -0.15) is 0 Å². The van der Waals surface area contributed by atoms with Gasteiger partial charge in [-0.25, -0.2) is 0 Å². The summed E-state index contributed by atoms with van der Waals surface area (Å²) < 4.78 is 2.07. The Morgan fingerprint density at radius 1 is 1.53 bits per heavy atom. The Bertz CT molecular complexity index is 334. The van der Waals surface area contributed by atoms with E-state index in [0.717, 1.165) is 31.9 Å². The third-order valence-corrected chi connectivity index (χ3v) is 3.04. The molecule has 0 amide bonds. The van der Waals surface area contributed by atoms with Crippen molar-refractivity contribution < 1.29 is 5.11 Å². The number of hydrogen-bond donors (Lipinski definition) is 1. The van der Waals surface area contributed by atoms with Gasteiger partial charge in [-0.05, 0) is 13.3 Å². The molecule has 0 radical (unpaired) electrons. The van der Waals surface area contributed by atoms with Crippen molar-refractivity contribution in [2.75, 3.05) is 13.1 Å². The Labute approximate surface area is 89.7 Å². The summed E-state index contributed by atoms with van der Waals surface area (Å²) in [5.74, 6) is 0.994. The van der Waals surface area contributed by atoms with Crippen LogP contribution in [0.4, 0.5) is 0 Å². The minimum absolute atomic E-state index is 0.595. The Kier molecular flexibility index (Phi) is 2.75. The molecule has 0 aromatic carbocycles. The molecule has 1 unspecified atom stereocenters. The summed E-state index contributed by atoms with van der Waals surface area (Å²) in [7, 11) is 0. The van der Waals surface area contributed by atoms with Crippen molar-refractivity contribution in [1.29, 1.82) is 0 Å². The summed E-state index contributed by atoms with van der Waals surface area (Å²) in [5, 5.41) is 17.9. The average Bonchev–Trinajstić information content (AvgIpc) is 2.64. The van der Waals surface area contributed by atoms with Crippen LogP contribution in [0.1, 0.15) is 26.1 Å². The summed E-state index contributed by atoms with van der Waals surface area (Å²) >= 11 is 0. The molecule has 1 atom stereocenters. The van der Waals surface area contributed by atoms with Crippen molar-refractivity contribution in [3.05, 3.63) is 12.2 Å². The zero-order chi connectivity index (χ0) is 10.9. The number of β-amino-alcohol motifs (C(OH)–C–C–N with tert-alkyl or cyclic N) is 1. The first-order valence-corrected chi connectivity index (χ1v) is 5.42. The second kappa shape index (κ2) is 3.90. The molecule has 15 heavy (non-hydrogen) atoms. The highest BCUT2D eigenvalue weighted by molar-refractivity contribution is 4.91. The van der Waals surface area contributed by atoms with Crippen LogP contribution in [-0.2, 0) is 13.1 Å². The third kappa shape index (κ3) is 2.35. The van der Waals surface area contributed by atoms with Crippen LogP contribution >= 0.6 is 0 Å². The Morgan fingerprint density at radius 3 is 3.07 bits per heavy atom. The molecule has 0 spiro atoms. The minimum atomic E-state index is -0.595. The minimum Gasteiger partial charge on any atom is -0.389 e. The third-order valence-electron chi connectivity index (χ3n) is 3.04. The zero-order valence-corrected chi connectivity index (χ0v) is 9.35. The average molecular weight is 210 g/mol. The Morgan fingerprint density at radius 2 is 2.33 bits per heavy atom. The summed E-state index contributed by atoms with van der Waals surface area (Å²) in [5.41, 5.74) is -0.595. The first-order valence-electron chi connectivity index (χ1n) is 5.42. The van der Waals surface area contributed by atoms with Crippen LogP contribution in [0.2, 0.25) is 0 Å². The van der Waals surface area contributed by atoms with Crippen molar-refractivity contribution >= 4 is 0 Å². The normalized spacial score (nSPS) is 21.0. The summed E-state index contributed by atoms with van der Waals surface area (Å²) in [6.07, 6.45) is 2.54. The van der Waals surface area contributed by atoms with Crippen LogP contribution in [0, 0.1) is 0 Å². The lowest BCUT2D eigenvalue weighted by molar-refractivity contribution is 0.00827. The highest BCUT2D eigenvalue weighted by atomic mass is 16.3. The van der Waals surface area contributed by atoms with E-state index in [9.17, 15) is 5.11 Å². The van der Waals surface area contributed by atoms with Gasteiger partial charge >= 0.3 is 0 Å². The molecule has 1 aliphatic rings. The van der Waals surface area contributed by atoms with E-state index < -0.39 is 5.60 Å². The second-order valence-corrected chi connectivity index (χ2v) is 4.50. The van der Waals surface area contributed by atoms with Gasteiger partial charge in [0.05, 0.1) is 12.1 Å². The fourth-order valence-corrected chi connectivity index (χ4v) is 1.84. The molecule has 1 aromatic rings. The molecule has 2 heterocycles. The Balaban J connectivity index is 1.98. The topological polar surface area (TPSA) is 54.2 Å². The molecule has 1 aromatic heterocycles. The van der Waals surface area contributed by atoms with E-state index in [1.165, 1.54) is 0 Å². The number of hydrogen-bond acceptors (Lipinski definition) is 4. The molecular weight excluding hydrogens is 192 g/mol. The van der Waals surface area contributed by atoms with E-state index in [2.05, 4.69) is 19.7 Å². The molecule has 0 fully saturated rings. The molecule has 5 nitrogen and oxygen atoms in total. The molecule has 84 valence electrons. The number of fused-ring (bicyclic) bond motifs is 1. The zero-order valence-electron chi connectivity index (χ0n) is 9.35. The van der Waals surface area contributed by atoms with E-state index >= 15 is 0 Å². The lowest BCUT2D eigenvalue weighted by Crippen LogP contribution is -2.43. The van der Waals surface area contributed by atoms with Gasteiger partial charge in [-0.15, -0.1) is 10.2 Å². The summed E-state index contributed by atoms with van der Waals surface area (Å²) in [4.78, 5) is 2.23.